The summed E-state index contributed by atoms with van der Waals surface area (Å²) in [6.07, 6.45) is 2.05. The van der Waals surface area contributed by atoms with E-state index < -0.39 is 7.60 Å². The highest BCUT2D eigenvalue weighted by molar-refractivity contribution is 7.60. The van der Waals surface area contributed by atoms with Crippen LogP contribution in [-0.2, 0) is 11.0 Å². The molecule has 0 aliphatic heterocycles. The predicted octanol–water partition coefficient (Wildman–Crippen LogP) is 2.45. The number of anilines is 1. The highest BCUT2D eigenvalue weighted by Gasteiger charge is 2.28. The molecule has 0 aromatic carbocycles. The van der Waals surface area contributed by atoms with E-state index in [2.05, 4.69) is 24.1 Å². The number of nitrogens with zero attached hydrogens (tertiary/aromatic N) is 1. The highest BCUT2D eigenvalue weighted by atomic mass is 32.1. The predicted molar refractivity (Wildman–Crippen MR) is 79.6 cm³/mol. The molecule has 0 aliphatic carbocycles. The quantitative estimate of drug-likeness (QED) is 0.733. The van der Waals surface area contributed by atoms with E-state index in [1.807, 2.05) is 0 Å². The van der Waals surface area contributed by atoms with Crippen LogP contribution in [0.1, 0.15) is 18.7 Å². The molecule has 0 spiro atoms. The fourth-order valence-corrected chi connectivity index (χ4v) is 3.66. The Morgan fingerprint density at radius 2 is 2.20 bits per heavy atom. The van der Waals surface area contributed by atoms with Crippen LogP contribution in [0, 0.1) is 5.92 Å². The lowest BCUT2D eigenvalue weighted by atomic mass is 10.1. The summed E-state index contributed by atoms with van der Waals surface area (Å²) < 4.78 is 16.8. The number of nitrogens with one attached hydrogen (secondary N) is 1. The second kappa shape index (κ2) is 5.69. The van der Waals surface area contributed by atoms with Gasteiger partial charge in [0, 0.05) is 11.9 Å². The summed E-state index contributed by atoms with van der Waals surface area (Å²) in [5.74, 6) is 0.569. The Kier molecular flexibility index (Phi) is 4.34. The summed E-state index contributed by atoms with van der Waals surface area (Å²) in [7, 11) is -2.62. The molecular formula is C12H17N2O4PS. The Labute approximate surface area is 121 Å². The zero-order chi connectivity index (χ0) is 14.9. The molecule has 2 aromatic heterocycles. The average molecular weight is 316 g/mol. The first kappa shape index (κ1) is 15.3. The molecule has 20 heavy (non-hydrogen) atoms. The third-order valence-electron chi connectivity index (χ3n) is 2.68. The van der Waals surface area contributed by atoms with Crippen molar-refractivity contribution >= 4 is 29.4 Å². The lowest BCUT2D eigenvalue weighted by Gasteiger charge is -2.06. The van der Waals surface area contributed by atoms with Gasteiger partial charge in [-0.15, -0.1) is 11.3 Å². The van der Waals surface area contributed by atoms with Crippen molar-refractivity contribution < 1.29 is 18.8 Å². The van der Waals surface area contributed by atoms with Gasteiger partial charge in [-0.25, -0.2) is 4.98 Å². The maximum Gasteiger partial charge on any atom is 0.360 e. The van der Waals surface area contributed by atoms with Gasteiger partial charge in [0.15, 0.2) is 10.9 Å². The Bertz CT molecular complexity index is 644. The van der Waals surface area contributed by atoms with Gasteiger partial charge in [-0.05, 0) is 18.4 Å². The summed E-state index contributed by atoms with van der Waals surface area (Å²) in [6.45, 7) is 4.16. The van der Waals surface area contributed by atoms with Gasteiger partial charge in [0.1, 0.15) is 11.0 Å². The van der Waals surface area contributed by atoms with E-state index in [0.717, 1.165) is 11.3 Å². The fourth-order valence-electron chi connectivity index (χ4n) is 1.85. The molecule has 8 heteroatoms. The molecule has 2 heterocycles. The van der Waals surface area contributed by atoms with E-state index in [1.165, 1.54) is 23.7 Å². The van der Waals surface area contributed by atoms with Crippen molar-refractivity contribution in [1.29, 1.82) is 0 Å². The maximum absolute atomic E-state index is 11.5. The molecule has 2 aromatic rings. The second-order valence-electron chi connectivity index (χ2n) is 4.82. The molecular weight excluding hydrogens is 299 g/mol. The molecule has 0 bridgehead atoms. The number of furan rings is 1. The van der Waals surface area contributed by atoms with Crippen LogP contribution < -0.4 is 10.6 Å². The topological polar surface area (TPSA) is 95.6 Å². The van der Waals surface area contributed by atoms with Crippen LogP contribution >= 0.6 is 18.9 Å². The van der Waals surface area contributed by atoms with Crippen LogP contribution in [0.2, 0.25) is 0 Å². The van der Waals surface area contributed by atoms with Gasteiger partial charge >= 0.3 is 7.60 Å². The first-order valence-electron chi connectivity index (χ1n) is 6.14. The Morgan fingerprint density at radius 3 is 2.75 bits per heavy atom. The fraction of sp³-hybridized carbons (Fsp3) is 0.417. The van der Waals surface area contributed by atoms with Gasteiger partial charge in [0.05, 0.1) is 6.26 Å². The van der Waals surface area contributed by atoms with Crippen molar-refractivity contribution in [2.75, 3.05) is 12.4 Å². The summed E-state index contributed by atoms with van der Waals surface area (Å²) in [5.41, 5.74) is 0.511. The van der Waals surface area contributed by atoms with Gasteiger partial charge in [-0.3, -0.25) is 4.57 Å². The summed E-state index contributed by atoms with van der Waals surface area (Å²) in [4.78, 5) is 24.1. The minimum absolute atomic E-state index is 0.115. The van der Waals surface area contributed by atoms with E-state index in [9.17, 15) is 14.4 Å². The molecule has 2 rings (SSSR count). The number of rotatable bonds is 5. The lowest BCUT2D eigenvalue weighted by Crippen LogP contribution is -2.05. The monoisotopic (exact) mass is 316 g/mol. The van der Waals surface area contributed by atoms with Crippen LogP contribution in [0.25, 0.3) is 11.5 Å². The molecule has 0 saturated heterocycles. The number of thiazole rings is 1. The molecule has 6 nitrogen and oxygen atoms in total. The largest absolute Gasteiger partial charge is 0.462 e. The highest BCUT2D eigenvalue weighted by Crippen LogP contribution is 2.41. The van der Waals surface area contributed by atoms with Crippen molar-refractivity contribution in [3.8, 4) is 11.5 Å². The molecule has 3 N–H and O–H groups in total. The van der Waals surface area contributed by atoms with E-state index >= 15 is 0 Å². The Morgan fingerprint density at radius 1 is 1.50 bits per heavy atom. The summed E-state index contributed by atoms with van der Waals surface area (Å²) >= 11 is 1.47. The summed E-state index contributed by atoms with van der Waals surface area (Å²) in [5, 5.41) is 3.54. The first-order valence-corrected chi connectivity index (χ1v) is 8.57. The number of hydrogen-bond donors (Lipinski definition) is 3. The van der Waals surface area contributed by atoms with Crippen molar-refractivity contribution in [1.82, 2.24) is 4.98 Å². The SMILES string of the molecule is CNc1nc(-c2occc2P(=O)(O)O)c(CC(C)C)s1. The molecule has 0 radical (unpaired) electrons. The third kappa shape index (κ3) is 3.12. The Balaban J connectivity index is 2.55. The van der Waals surface area contributed by atoms with Crippen molar-refractivity contribution in [3.05, 3.63) is 17.2 Å². The molecule has 0 aliphatic rings. The van der Waals surface area contributed by atoms with Crippen LogP contribution in [0.4, 0.5) is 5.13 Å². The molecule has 0 saturated carbocycles. The normalized spacial score (nSPS) is 12.1. The van der Waals surface area contributed by atoms with Gasteiger partial charge in [0.2, 0.25) is 0 Å². The lowest BCUT2D eigenvalue weighted by molar-refractivity contribution is 0.387. The zero-order valence-corrected chi connectivity index (χ0v) is 13.2. The zero-order valence-electron chi connectivity index (χ0n) is 11.5. The van der Waals surface area contributed by atoms with Gasteiger partial charge in [-0.2, -0.15) is 0 Å². The van der Waals surface area contributed by atoms with Gasteiger partial charge < -0.3 is 19.5 Å². The van der Waals surface area contributed by atoms with E-state index in [1.54, 1.807) is 7.05 Å². The van der Waals surface area contributed by atoms with Gasteiger partial charge in [-0.1, -0.05) is 13.8 Å². The molecule has 110 valence electrons. The van der Waals surface area contributed by atoms with Gasteiger partial charge in [0.25, 0.3) is 0 Å². The molecule has 0 amide bonds. The smallest absolute Gasteiger partial charge is 0.360 e. The van der Waals surface area contributed by atoms with Crippen molar-refractivity contribution in [2.45, 2.75) is 20.3 Å². The average Bonchev–Trinajstić information content (AvgIpc) is 2.92. The molecule has 0 unspecified atom stereocenters. The van der Waals surface area contributed by atoms with Crippen LogP contribution in [-0.4, -0.2) is 21.8 Å². The van der Waals surface area contributed by atoms with Crippen LogP contribution in [0.5, 0.6) is 0 Å². The first-order chi connectivity index (χ1) is 9.32. The minimum Gasteiger partial charge on any atom is -0.462 e. The van der Waals surface area contributed by atoms with Crippen molar-refractivity contribution in [3.63, 3.8) is 0 Å². The minimum atomic E-state index is -4.38. The molecule has 0 fully saturated rings. The standard InChI is InChI=1S/C12H17N2O4PS/c1-7(2)6-9-10(14-12(13-3)20-9)11-8(4-5-18-11)19(15,16)17/h4-5,7H,6H2,1-3H3,(H,13,14)(H2,15,16,17). The second-order valence-corrected chi connectivity index (χ2v) is 7.47. The number of hydrogen-bond acceptors (Lipinski definition) is 5. The van der Waals surface area contributed by atoms with Crippen molar-refractivity contribution in [2.24, 2.45) is 5.92 Å². The van der Waals surface area contributed by atoms with E-state index in [4.69, 9.17) is 4.42 Å². The molecule has 0 atom stereocenters. The van der Waals surface area contributed by atoms with E-state index in [-0.39, 0.29) is 11.1 Å². The van der Waals surface area contributed by atoms with Crippen LogP contribution in [0.15, 0.2) is 16.7 Å². The maximum atomic E-state index is 11.5. The number of aromatic nitrogens is 1. The third-order valence-corrected chi connectivity index (χ3v) is 4.75. The Hall–Kier alpha value is -1.14. The van der Waals surface area contributed by atoms with Crippen LogP contribution in [0.3, 0.4) is 0 Å². The summed E-state index contributed by atoms with van der Waals surface area (Å²) in [6, 6.07) is 1.30. The van der Waals surface area contributed by atoms with E-state index in [0.29, 0.717) is 16.7 Å².